The Morgan fingerprint density at radius 1 is 1.19 bits per heavy atom. The molecular weight excluding hydrogens is 376 g/mol. The highest BCUT2D eigenvalue weighted by atomic mass is 35.5. The predicted octanol–water partition coefficient (Wildman–Crippen LogP) is 2.67. The molecule has 1 aromatic carbocycles. The average Bonchev–Trinajstić information content (AvgIpc) is 2.78. The number of rotatable bonds is 3. The van der Waals surface area contributed by atoms with Gasteiger partial charge >= 0.3 is 12.0 Å². The highest BCUT2D eigenvalue weighted by molar-refractivity contribution is 6.32. The molecule has 0 saturated carbocycles. The quantitative estimate of drug-likeness (QED) is 0.759. The van der Waals surface area contributed by atoms with Gasteiger partial charge in [-0.15, -0.1) is 0 Å². The molecule has 0 radical (unpaired) electrons. The minimum Gasteiger partial charge on any atom is -0.489 e. The topological polar surface area (TPSA) is 103 Å². The summed E-state index contributed by atoms with van der Waals surface area (Å²) in [5, 5.41) is 4.92. The lowest BCUT2D eigenvalue weighted by molar-refractivity contribution is -0.127. The van der Waals surface area contributed by atoms with E-state index in [0.717, 1.165) is 0 Å². The van der Waals surface area contributed by atoms with Crippen LogP contribution < -0.4 is 20.1 Å². The number of halogens is 1. The van der Waals surface area contributed by atoms with Crippen LogP contribution in [0.1, 0.15) is 44.5 Å². The molecule has 0 fully saturated rings. The van der Waals surface area contributed by atoms with Gasteiger partial charge in [0.15, 0.2) is 17.6 Å². The van der Waals surface area contributed by atoms with Crippen molar-refractivity contribution in [1.29, 1.82) is 0 Å². The van der Waals surface area contributed by atoms with E-state index >= 15 is 0 Å². The molecule has 0 aliphatic carbocycles. The number of fused-ring (bicyclic) bond motifs is 1. The zero-order valence-corrected chi connectivity index (χ0v) is 16.4. The molecule has 27 heavy (non-hydrogen) atoms. The van der Waals surface area contributed by atoms with Crippen molar-refractivity contribution in [2.75, 3.05) is 13.2 Å². The zero-order valence-electron chi connectivity index (χ0n) is 15.7. The number of hydrogen-bond donors (Lipinski definition) is 2. The molecule has 0 spiro atoms. The van der Waals surface area contributed by atoms with Crippen molar-refractivity contribution < 1.29 is 28.6 Å². The first-order valence-electron chi connectivity index (χ1n) is 8.50. The molecule has 3 amide bonds. The van der Waals surface area contributed by atoms with Crippen LogP contribution >= 0.6 is 11.6 Å². The summed E-state index contributed by atoms with van der Waals surface area (Å²) in [7, 11) is 0. The van der Waals surface area contributed by atoms with Gasteiger partial charge in [0.25, 0.3) is 5.91 Å². The molecule has 148 valence electrons. The summed E-state index contributed by atoms with van der Waals surface area (Å²) in [6.45, 7) is 7.58. The van der Waals surface area contributed by atoms with Crippen LogP contribution in [0, 0.1) is 0 Å². The van der Waals surface area contributed by atoms with Gasteiger partial charge in [0, 0.05) is 12.0 Å². The lowest BCUT2D eigenvalue weighted by Crippen LogP contribution is -2.50. The molecule has 2 rings (SSSR count). The van der Waals surface area contributed by atoms with Crippen LogP contribution in [-0.4, -0.2) is 42.8 Å². The van der Waals surface area contributed by atoms with Gasteiger partial charge in [-0.25, -0.2) is 9.59 Å². The van der Waals surface area contributed by atoms with Crippen LogP contribution in [0.5, 0.6) is 11.5 Å². The Hall–Kier alpha value is -2.48. The Morgan fingerprint density at radius 3 is 2.52 bits per heavy atom. The highest BCUT2D eigenvalue weighted by Gasteiger charge is 2.24. The molecule has 0 bridgehead atoms. The van der Waals surface area contributed by atoms with Crippen LogP contribution in [0.15, 0.2) is 12.1 Å². The third-order valence-corrected chi connectivity index (χ3v) is 3.70. The molecule has 0 saturated heterocycles. The Morgan fingerprint density at radius 2 is 1.85 bits per heavy atom. The largest absolute Gasteiger partial charge is 0.489 e. The van der Waals surface area contributed by atoms with E-state index in [1.54, 1.807) is 20.8 Å². The number of esters is 1. The molecule has 1 aromatic rings. The lowest BCUT2D eigenvalue weighted by atomic mass is 10.1. The van der Waals surface area contributed by atoms with Gasteiger partial charge in [-0.2, -0.15) is 0 Å². The fraction of sp³-hybridized carbons (Fsp3) is 0.500. The standard InChI is InChI=1S/C18H23ClN2O6/c1-10(15(22)20-17(24)21-18(2,3)4)27-16(23)11-8-12(19)14-13(9-11)25-6-5-7-26-14/h8-10H,5-7H2,1-4H3,(H2,20,21,22,24). The summed E-state index contributed by atoms with van der Waals surface area (Å²) in [6, 6.07) is 2.16. The van der Waals surface area contributed by atoms with Gasteiger partial charge in [0.1, 0.15) is 0 Å². The Kier molecular flexibility index (Phi) is 6.54. The SMILES string of the molecule is CC(OC(=O)c1cc(Cl)c2c(c1)OCCCO2)C(=O)NC(=O)NC(C)(C)C. The number of urea groups is 1. The fourth-order valence-electron chi connectivity index (χ4n) is 2.22. The van der Waals surface area contributed by atoms with Crippen molar-refractivity contribution in [3.63, 3.8) is 0 Å². The van der Waals surface area contributed by atoms with Crippen molar-refractivity contribution in [1.82, 2.24) is 10.6 Å². The normalized spacial score (nSPS) is 14.6. The van der Waals surface area contributed by atoms with E-state index < -0.39 is 29.6 Å². The summed E-state index contributed by atoms with van der Waals surface area (Å²) in [4.78, 5) is 36.1. The van der Waals surface area contributed by atoms with Gasteiger partial charge in [-0.3, -0.25) is 10.1 Å². The van der Waals surface area contributed by atoms with E-state index in [2.05, 4.69) is 10.6 Å². The monoisotopic (exact) mass is 398 g/mol. The van der Waals surface area contributed by atoms with Gasteiger partial charge in [0.2, 0.25) is 0 Å². The first-order chi connectivity index (χ1) is 12.6. The molecule has 1 unspecified atom stereocenters. The average molecular weight is 399 g/mol. The molecule has 9 heteroatoms. The van der Waals surface area contributed by atoms with E-state index in [1.165, 1.54) is 19.1 Å². The van der Waals surface area contributed by atoms with Crippen LogP contribution in [0.3, 0.4) is 0 Å². The summed E-state index contributed by atoms with van der Waals surface area (Å²) < 4.78 is 16.1. The number of nitrogens with one attached hydrogen (secondary N) is 2. The minimum absolute atomic E-state index is 0.114. The summed E-state index contributed by atoms with van der Waals surface area (Å²) in [5.74, 6) is -0.805. The maximum absolute atomic E-state index is 12.3. The van der Waals surface area contributed by atoms with E-state index in [-0.39, 0.29) is 10.6 Å². The molecule has 1 atom stereocenters. The van der Waals surface area contributed by atoms with E-state index in [4.69, 9.17) is 25.8 Å². The van der Waals surface area contributed by atoms with Gasteiger partial charge in [-0.1, -0.05) is 11.6 Å². The third kappa shape index (κ3) is 6.02. The van der Waals surface area contributed by atoms with Crippen molar-refractivity contribution in [2.24, 2.45) is 0 Å². The van der Waals surface area contributed by atoms with Crippen LogP contribution in [0.2, 0.25) is 5.02 Å². The van der Waals surface area contributed by atoms with Crippen molar-refractivity contribution >= 4 is 29.5 Å². The highest BCUT2D eigenvalue weighted by Crippen LogP contribution is 2.38. The Balaban J connectivity index is 2.02. The first-order valence-corrected chi connectivity index (χ1v) is 8.88. The number of amides is 3. The number of carbonyl (C=O) groups excluding carboxylic acids is 3. The molecule has 1 heterocycles. The molecule has 1 aliphatic heterocycles. The number of benzene rings is 1. The first kappa shape index (κ1) is 20.8. The number of ether oxygens (including phenoxy) is 3. The maximum atomic E-state index is 12.3. The number of imide groups is 1. The van der Waals surface area contributed by atoms with Crippen LogP contribution in [0.4, 0.5) is 4.79 Å². The van der Waals surface area contributed by atoms with Crippen LogP contribution in [-0.2, 0) is 9.53 Å². The third-order valence-electron chi connectivity index (χ3n) is 3.42. The second kappa shape index (κ2) is 8.47. The molecular formula is C18H23ClN2O6. The summed E-state index contributed by atoms with van der Waals surface area (Å²) in [5.41, 5.74) is -0.395. The van der Waals surface area contributed by atoms with E-state index in [0.29, 0.717) is 31.1 Å². The second-order valence-electron chi connectivity index (χ2n) is 7.08. The summed E-state index contributed by atoms with van der Waals surface area (Å²) >= 11 is 6.15. The molecule has 0 aromatic heterocycles. The lowest BCUT2D eigenvalue weighted by Gasteiger charge is -2.21. The molecule has 8 nitrogen and oxygen atoms in total. The van der Waals surface area contributed by atoms with Crippen molar-refractivity contribution in [2.45, 2.75) is 45.8 Å². The maximum Gasteiger partial charge on any atom is 0.339 e. The smallest absolute Gasteiger partial charge is 0.339 e. The predicted molar refractivity (Wildman–Crippen MR) is 98.4 cm³/mol. The Labute approximate surface area is 162 Å². The van der Waals surface area contributed by atoms with Crippen LogP contribution in [0.25, 0.3) is 0 Å². The zero-order chi connectivity index (χ0) is 20.2. The number of carbonyl (C=O) groups is 3. The molecule has 1 aliphatic rings. The summed E-state index contributed by atoms with van der Waals surface area (Å²) in [6.07, 6.45) is -0.489. The van der Waals surface area contributed by atoms with Gasteiger partial charge in [0.05, 0.1) is 23.8 Å². The Bertz CT molecular complexity index is 744. The second-order valence-corrected chi connectivity index (χ2v) is 7.48. The van der Waals surface area contributed by atoms with Crippen molar-refractivity contribution in [3.8, 4) is 11.5 Å². The molecule has 2 N–H and O–H groups in total. The van der Waals surface area contributed by atoms with E-state index in [1.807, 2.05) is 0 Å². The van der Waals surface area contributed by atoms with Gasteiger partial charge in [-0.05, 0) is 39.8 Å². The van der Waals surface area contributed by atoms with Crippen molar-refractivity contribution in [3.05, 3.63) is 22.7 Å². The minimum atomic E-state index is -1.18. The van der Waals surface area contributed by atoms with E-state index in [9.17, 15) is 14.4 Å². The number of hydrogen-bond acceptors (Lipinski definition) is 6. The van der Waals surface area contributed by atoms with Gasteiger partial charge < -0.3 is 19.5 Å². The fourth-order valence-corrected chi connectivity index (χ4v) is 2.48.